The first kappa shape index (κ1) is 14.5. The minimum absolute atomic E-state index is 0.0309. The van der Waals surface area contributed by atoms with Crippen molar-refractivity contribution in [2.75, 3.05) is 12.4 Å². The minimum atomic E-state index is -0.382. The summed E-state index contributed by atoms with van der Waals surface area (Å²) in [5, 5.41) is -0.257. The number of unbranched alkanes of at least 4 members (excludes halogenated alkanes) is 3. The van der Waals surface area contributed by atoms with Crippen LogP contribution in [-0.4, -0.2) is 18.3 Å². The van der Waals surface area contributed by atoms with Crippen LogP contribution in [-0.2, 0) is 9.53 Å². The first-order valence-corrected chi connectivity index (χ1v) is 6.27. The fourth-order valence-electron chi connectivity index (χ4n) is 0.982. The molecule has 15 heavy (non-hydrogen) atoms. The lowest BCUT2D eigenvalue weighted by Crippen LogP contribution is -1.97. The van der Waals surface area contributed by atoms with Gasteiger partial charge in [-0.3, -0.25) is 4.79 Å². The number of hydrogen-bond donors (Lipinski definition) is 0. The van der Waals surface area contributed by atoms with E-state index < -0.39 is 0 Å². The van der Waals surface area contributed by atoms with Gasteiger partial charge >= 0.3 is 5.97 Å². The van der Waals surface area contributed by atoms with E-state index in [1.165, 1.54) is 37.6 Å². The average molecular weight is 234 g/mol. The van der Waals surface area contributed by atoms with E-state index in [0.717, 1.165) is 18.6 Å². The van der Waals surface area contributed by atoms with Crippen LogP contribution in [0.1, 0.15) is 39.5 Å². The average Bonchev–Trinajstić information content (AvgIpc) is 2.17. The highest BCUT2D eigenvalue weighted by Gasteiger charge is 1.97. The third-order valence-electron chi connectivity index (χ3n) is 1.77. The van der Waals surface area contributed by atoms with Crippen LogP contribution in [0.5, 0.6) is 0 Å². The van der Waals surface area contributed by atoms with Crippen molar-refractivity contribution >= 4 is 17.7 Å². The zero-order chi connectivity index (χ0) is 11.5. The summed E-state index contributed by atoms with van der Waals surface area (Å²) in [5.74, 6) is 0.412. The topological polar surface area (TPSA) is 26.3 Å². The van der Waals surface area contributed by atoms with E-state index in [-0.39, 0.29) is 17.7 Å². The van der Waals surface area contributed by atoms with Crippen LogP contribution in [0.25, 0.3) is 0 Å². The number of halogens is 1. The van der Waals surface area contributed by atoms with Crippen LogP contribution < -0.4 is 0 Å². The van der Waals surface area contributed by atoms with Crippen LogP contribution in [0.3, 0.4) is 0 Å². The van der Waals surface area contributed by atoms with Crippen LogP contribution >= 0.6 is 11.8 Å². The van der Waals surface area contributed by atoms with Gasteiger partial charge in [-0.2, -0.15) is 4.39 Å². The van der Waals surface area contributed by atoms with Gasteiger partial charge in [-0.15, -0.1) is 0 Å². The van der Waals surface area contributed by atoms with Crippen molar-refractivity contribution in [2.24, 2.45) is 0 Å². The summed E-state index contributed by atoms with van der Waals surface area (Å²) in [7, 11) is 0. The van der Waals surface area contributed by atoms with Crippen molar-refractivity contribution in [1.29, 1.82) is 0 Å². The van der Waals surface area contributed by atoms with E-state index in [9.17, 15) is 9.18 Å². The number of hydrogen-bond acceptors (Lipinski definition) is 3. The molecule has 0 bridgehead atoms. The van der Waals surface area contributed by atoms with Crippen LogP contribution in [0.2, 0.25) is 0 Å². The van der Waals surface area contributed by atoms with Gasteiger partial charge in [0.2, 0.25) is 0 Å². The predicted molar refractivity (Wildman–Crippen MR) is 62.4 cm³/mol. The Hall–Kier alpha value is -0.510. The molecule has 0 saturated heterocycles. The predicted octanol–water partition coefficient (Wildman–Crippen LogP) is 3.67. The van der Waals surface area contributed by atoms with Crippen LogP contribution in [0.4, 0.5) is 4.39 Å². The molecule has 0 aromatic heterocycles. The molecule has 0 heterocycles. The lowest BCUT2D eigenvalue weighted by molar-refractivity contribution is -0.139. The molecule has 0 aliphatic heterocycles. The third-order valence-corrected chi connectivity index (χ3v) is 2.70. The standard InChI is InChI=1S/C11H19FO2S/c1-3-4-5-6-9-15-11(12)7-8-14-10(2)13/h7H,3-6,8-9H2,1-2H3. The summed E-state index contributed by atoms with van der Waals surface area (Å²) in [4.78, 5) is 10.4. The molecule has 0 N–H and O–H groups in total. The Labute approximate surface area is 95.3 Å². The molecule has 0 radical (unpaired) electrons. The highest BCUT2D eigenvalue weighted by atomic mass is 32.2. The minimum Gasteiger partial charge on any atom is -0.462 e. The van der Waals surface area contributed by atoms with Crippen molar-refractivity contribution in [3.05, 3.63) is 11.2 Å². The normalized spacial score (nSPS) is 11.5. The van der Waals surface area contributed by atoms with E-state index in [1.807, 2.05) is 0 Å². The molecule has 0 aliphatic rings. The molecule has 0 unspecified atom stereocenters. The van der Waals surface area contributed by atoms with Gasteiger partial charge in [0.25, 0.3) is 0 Å². The molecule has 4 heteroatoms. The van der Waals surface area contributed by atoms with Gasteiger partial charge < -0.3 is 4.74 Å². The van der Waals surface area contributed by atoms with Gasteiger partial charge in [0.1, 0.15) is 6.61 Å². The van der Waals surface area contributed by atoms with Gasteiger partial charge in [0, 0.05) is 12.7 Å². The van der Waals surface area contributed by atoms with Gasteiger partial charge in [0.15, 0.2) is 5.16 Å². The summed E-state index contributed by atoms with van der Waals surface area (Å²) >= 11 is 1.18. The fourth-order valence-corrected chi connectivity index (χ4v) is 1.71. The van der Waals surface area contributed by atoms with Crippen molar-refractivity contribution in [2.45, 2.75) is 39.5 Å². The Morgan fingerprint density at radius 2 is 2.13 bits per heavy atom. The van der Waals surface area contributed by atoms with Gasteiger partial charge in [-0.05, 0) is 12.5 Å². The molecule has 0 aromatic rings. The zero-order valence-corrected chi connectivity index (χ0v) is 10.2. The molecular weight excluding hydrogens is 215 g/mol. The van der Waals surface area contributed by atoms with E-state index in [2.05, 4.69) is 11.7 Å². The molecule has 0 rings (SSSR count). The summed E-state index contributed by atoms with van der Waals surface area (Å²) < 4.78 is 17.6. The second-order valence-corrected chi connectivity index (χ2v) is 4.31. The molecule has 0 aliphatic carbocycles. The summed E-state index contributed by atoms with van der Waals surface area (Å²) in [6.07, 6.45) is 5.88. The van der Waals surface area contributed by atoms with Crippen molar-refractivity contribution in [1.82, 2.24) is 0 Å². The molecule has 0 spiro atoms. The lowest BCUT2D eigenvalue weighted by atomic mass is 10.2. The summed E-state index contributed by atoms with van der Waals surface area (Å²) in [6, 6.07) is 0. The Bertz CT molecular complexity index is 205. The second-order valence-electron chi connectivity index (χ2n) is 3.22. The van der Waals surface area contributed by atoms with Crippen molar-refractivity contribution in [3.8, 4) is 0 Å². The molecule has 2 nitrogen and oxygen atoms in total. The smallest absolute Gasteiger partial charge is 0.302 e. The Kier molecular flexibility index (Phi) is 9.68. The molecule has 0 amide bonds. The zero-order valence-electron chi connectivity index (χ0n) is 9.42. The van der Waals surface area contributed by atoms with Crippen LogP contribution in [0, 0.1) is 0 Å². The fraction of sp³-hybridized carbons (Fsp3) is 0.727. The number of rotatable bonds is 8. The van der Waals surface area contributed by atoms with Crippen molar-refractivity contribution in [3.63, 3.8) is 0 Å². The summed E-state index contributed by atoms with van der Waals surface area (Å²) in [5.41, 5.74) is 0. The van der Waals surface area contributed by atoms with E-state index >= 15 is 0 Å². The molecule has 0 saturated carbocycles. The molecular formula is C11H19FO2S. The highest BCUT2D eigenvalue weighted by molar-refractivity contribution is 8.02. The molecule has 0 fully saturated rings. The largest absolute Gasteiger partial charge is 0.462 e. The first-order chi connectivity index (χ1) is 7.16. The van der Waals surface area contributed by atoms with Gasteiger partial charge in [-0.25, -0.2) is 0 Å². The first-order valence-electron chi connectivity index (χ1n) is 5.28. The highest BCUT2D eigenvalue weighted by Crippen LogP contribution is 2.18. The lowest BCUT2D eigenvalue weighted by Gasteiger charge is -1.99. The maximum Gasteiger partial charge on any atom is 0.302 e. The molecule has 0 aromatic carbocycles. The number of esters is 1. The number of ether oxygens (including phenoxy) is 1. The van der Waals surface area contributed by atoms with Gasteiger partial charge in [-0.1, -0.05) is 37.9 Å². The van der Waals surface area contributed by atoms with E-state index in [1.54, 1.807) is 0 Å². The number of carbonyl (C=O) groups excluding carboxylic acids is 1. The molecule has 88 valence electrons. The van der Waals surface area contributed by atoms with Crippen molar-refractivity contribution < 1.29 is 13.9 Å². The third kappa shape index (κ3) is 11.4. The maximum absolute atomic E-state index is 13.0. The van der Waals surface area contributed by atoms with Gasteiger partial charge in [0.05, 0.1) is 0 Å². The Morgan fingerprint density at radius 1 is 1.40 bits per heavy atom. The quantitative estimate of drug-likeness (QED) is 0.473. The van der Waals surface area contributed by atoms with E-state index in [4.69, 9.17) is 0 Å². The SMILES string of the molecule is CCCCCCSC(F)=CCOC(C)=O. The number of carbonyl (C=O) groups is 1. The molecule has 0 atom stereocenters. The van der Waals surface area contributed by atoms with E-state index in [0.29, 0.717) is 0 Å². The Morgan fingerprint density at radius 3 is 2.73 bits per heavy atom. The second kappa shape index (κ2) is 10.0. The maximum atomic E-state index is 13.0. The summed E-state index contributed by atoms with van der Waals surface area (Å²) in [6.45, 7) is 3.49. The number of thioether (sulfide) groups is 1. The van der Waals surface area contributed by atoms with Crippen LogP contribution in [0.15, 0.2) is 11.2 Å². The Balaban J connectivity index is 3.38. The monoisotopic (exact) mass is 234 g/mol.